The Bertz CT molecular complexity index is 871. The van der Waals surface area contributed by atoms with Crippen LogP contribution in [0.25, 0.3) is 0 Å². The molecule has 1 fully saturated rings. The molecule has 1 atom stereocenters. The molecular formula is C21H20FNO4. The highest BCUT2D eigenvalue weighted by Crippen LogP contribution is 2.31. The van der Waals surface area contributed by atoms with Crippen LogP contribution in [0.3, 0.4) is 0 Å². The van der Waals surface area contributed by atoms with E-state index in [4.69, 9.17) is 4.74 Å². The molecule has 6 heteroatoms. The Labute approximate surface area is 156 Å². The summed E-state index contributed by atoms with van der Waals surface area (Å²) in [6, 6.07) is 10.8. The zero-order valence-electron chi connectivity index (χ0n) is 15.2. The molecule has 0 radical (unpaired) electrons. The third-order valence-corrected chi connectivity index (χ3v) is 4.68. The molecule has 1 saturated heterocycles. The van der Waals surface area contributed by atoms with Crippen molar-refractivity contribution in [3.63, 3.8) is 0 Å². The maximum absolute atomic E-state index is 12.9. The van der Waals surface area contributed by atoms with E-state index in [1.807, 2.05) is 32.0 Å². The number of nitrogens with zero attached hydrogens (tertiary/aromatic N) is 1. The van der Waals surface area contributed by atoms with Crippen molar-refractivity contribution in [3.8, 4) is 0 Å². The van der Waals surface area contributed by atoms with Crippen LogP contribution in [0.4, 0.5) is 10.1 Å². The Hall–Kier alpha value is -3.02. The van der Waals surface area contributed by atoms with E-state index in [0.29, 0.717) is 0 Å². The van der Waals surface area contributed by atoms with Gasteiger partial charge in [0.05, 0.1) is 5.92 Å². The highest BCUT2D eigenvalue weighted by Gasteiger charge is 2.37. The van der Waals surface area contributed by atoms with Gasteiger partial charge in [0.2, 0.25) is 5.91 Å². The van der Waals surface area contributed by atoms with Gasteiger partial charge in [0, 0.05) is 24.2 Å². The predicted octanol–water partition coefficient (Wildman–Crippen LogP) is 3.22. The van der Waals surface area contributed by atoms with E-state index in [1.54, 1.807) is 4.90 Å². The molecule has 1 aliphatic rings. The number of esters is 1. The van der Waals surface area contributed by atoms with Gasteiger partial charge in [-0.05, 0) is 49.2 Å². The van der Waals surface area contributed by atoms with E-state index in [9.17, 15) is 18.8 Å². The van der Waals surface area contributed by atoms with Gasteiger partial charge in [-0.25, -0.2) is 4.39 Å². The zero-order chi connectivity index (χ0) is 19.6. The van der Waals surface area contributed by atoms with Crippen molar-refractivity contribution in [1.29, 1.82) is 0 Å². The van der Waals surface area contributed by atoms with Gasteiger partial charge in [-0.2, -0.15) is 0 Å². The van der Waals surface area contributed by atoms with Crippen LogP contribution in [0.2, 0.25) is 0 Å². The Morgan fingerprint density at radius 3 is 2.37 bits per heavy atom. The quantitative estimate of drug-likeness (QED) is 0.600. The Kier molecular flexibility index (Phi) is 5.35. The van der Waals surface area contributed by atoms with Crippen LogP contribution in [-0.4, -0.2) is 30.8 Å². The molecule has 27 heavy (non-hydrogen) atoms. The maximum atomic E-state index is 12.9. The monoisotopic (exact) mass is 369 g/mol. The smallest absolute Gasteiger partial charge is 0.311 e. The van der Waals surface area contributed by atoms with Crippen LogP contribution in [0.5, 0.6) is 0 Å². The number of hydrogen-bond acceptors (Lipinski definition) is 4. The molecule has 0 unspecified atom stereocenters. The van der Waals surface area contributed by atoms with Crippen LogP contribution < -0.4 is 4.90 Å². The third kappa shape index (κ3) is 4.05. The number of halogens is 1. The van der Waals surface area contributed by atoms with Crippen LogP contribution in [0.1, 0.15) is 27.9 Å². The lowest BCUT2D eigenvalue weighted by Gasteiger charge is -2.21. The summed E-state index contributed by atoms with van der Waals surface area (Å²) in [4.78, 5) is 38.4. The molecule has 1 heterocycles. The van der Waals surface area contributed by atoms with Crippen molar-refractivity contribution in [2.75, 3.05) is 18.1 Å². The van der Waals surface area contributed by atoms with Crippen molar-refractivity contribution in [2.45, 2.75) is 20.3 Å². The number of para-hydroxylation sites is 1. The summed E-state index contributed by atoms with van der Waals surface area (Å²) in [5.41, 5.74) is 3.01. The fourth-order valence-electron chi connectivity index (χ4n) is 3.29. The van der Waals surface area contributed by atoms with E-state index in [1.165, 1.54) is 24.3 Å². The summed E-state index contributed by atoms with van der Waals surface area (Å²) >= 11 is 0. The average Bonchev–Trinajstić information content (AvgIpc) is 3.01. The lowest BCUT2D eigenvalue weighted by molar-refractivity contribution is -0.147. The standard InChI is InChI=1S/C21H20FNO4/c1-13-4-3-5-14(2)20(13)23-11-16(10-19(23)25)21(26)27-12-18(24)15-6-8-17(22)9-7-15/h3-9,16H,10-12H2,1-2H3/t16-/m1/s1. The summed E-state index contributed by atoms with van der Waals surface area (Å²) in [6.07, 6.45) is 0.0529. The molecule has 0 spiro atoms. The molecule has 2 aromatic carbocycles. The summed E-state index contributed by atoms with van der Waals surface area (Å²) in [5, 5.41) is 0. The fraction of sp³-hybridized carbons (Fsp3) is 0.286. The minimum Gasteiger partial charge on any atom is -0.457 e. The first-order valence-electron chi connectivity index (χ1n) is 8.69. The second kappa shape index (κ2) is 7.70. The number of ether oxygens (including phenoxy) is 1. The van der Waals surface area contributed by atoms with Gasteiger partial charge in [-0.3, -0.25) is 14.4 Å². The van der Waals surface area contributed by atoms with Crippen molar-refractivity contribution in [1.82, 2.24) is 0 Å². The maximum Gasteiger partial charge on any atom is 0.311 e. The number of Topliss-reactive ketones (excluding diaryl/α,β-unsaturated/α-hetero) is 1. The van der Waals surface area contributed by atoms with E-state index >= 15 is 0 Å². The van der Waals surface area contributed by atoms with E-state index < -0.39 is 30.1 Å². The number of hydrogen-bond donors (Lipinski definition) is 0. The second-order valence-corrected chi connectivity index (χ2v) is 6.68. The number of ketones is 1. The first-order chi connectivity index (χ1) is 12.9. The number of amides is 1. The number of carbonyl (C=O) groups is 3. The molecule has 3 rings (SSSR count). The predicted molar refractivity (Wildman–Crippen MR) is 98.1 cm³/mol. The van der Waals surface area contributed by atoms with Crippen LogP contribution >= 0.6 is 0 Å². The molecule has 0 aromatic heterocycles. The molecule has 140 valence electrons. The van der Waals surface area contributed by atoms with Gasteiger partial charge in [-0.15, -0.1) is 0 Å². The van der Waals surface area contributed by atoms with Crippen LogP contribution in [0.15, 0.2) is 42.5 Å². The SMILES string of the molecule is Cc1cccc(C)c1N1C[C@H](C(=O)OCC(=O)c2ccc(F)cc2)CC1=O. The summed E-state index contributed by atoms with van der Waals surface area (Å²) in [5.74, 6) is -2.19. The number of carbonyl (C=O) groups excluding carboxylic acids is 3. The van der Waals surface area contributed by atoms with E-state index in [-0.39, 0.29) is 24.4 Å². The molecular weight excluding hydrogens is 349 g/mol. The largest absolute Gasteiger partial charge is 0.457 e. The molecule has 1 amide bonds. The van der Waals surface area contributed by atoms with Crippen LogP contribution in [-0.2, 0) is 14.3 Å². The fourth-order valence-corrected chi connectivity index (χ4v) is 3.29. The number of rotatable bonds is 5. The molecule has 1 aliphatic heterocycles. The zero-order valence-corrected chi connectivity index (χ0v) is 15.2. The van der Waals surface area contributed by atoms with Gasteiger partial charge >= 0.3 is 5.97 Å². The summed E-state index contributed by atoms with van der Waals surface area (Å²) in [6.45, 7) is 3.64. The average molecular weight is 369 g/mol. The first kappa shape index (κ1) is 18.8. The molecule has 0 aliphatic carbocycles. The first-order valence-corrected chi connectivity index (χ1v) is 8.69. The molecule has 0 bridgehead atoms. The molecule has 0 N–H and O–H groups in total. The number of aryl methyl sites for hydroxylation is 2. The van der Waals surface area contributed by atoms with Gasteiger partial charge in [-0.1, -0.05) is 18.2 Å². The normalized spacial score (nSPS) is 16.5. The minimum atomic E-state index is -0.613. The van der Waals surface area contributed by atoms with Crippen molar-refractivity contribution < 1.29 is 23.5 Å². The van der Waals surface area contributed by atoms with Crippen LogP contribution in [0, 0.1) is 25.6 Å². The highest BCUT2D eigenvalue weighted by molar-refractivity contribution is 6.01. The van der Waals surface area contributed by atoms with Gasteiger partial charge < -0.3 is 9.64 Å². The van der Waals surface area contributed by atoms with E-state index in [2.05, 4.69) is 0 Å². The van der Waals surface area contributed by atoms with E-state index in [0.717, 1.165) is 16.8 Å². The lowest BCUT2D eigenvalue weighted by Crippen LogP contribution is -2.28. The lowest BCUT2D eigenvalue weighted by atomic mass is 10.1. The van der Waals surface area contributed by atoms with Gasteiger partial charge in [0.1, 0.15) is 5.82 Å². The highest BCUT2D eigenvalue weighted by atomic mass is 19.1. The van der Waals surface area contributed by atoms with Gasteiger partial charge in [0.25, 0.3) is 0 Å². The minimum absolute atomic E-state index is 0.0529. The van der Waals surface area contributed by atoms with Crippen molar-refractivity contribution >= 4 is 23.3 Å². The summed E-state index contributed by atoms with van der Waals surface area (Å²) < 4.78 is 18.0. The molecule has 5 nitrogen and oxygen atoms in total. The molecule has 0 saturated carbocycles. The summed E-state index contributed by atoms with van der Waals surface area (Å²) in [7, 11) is 0. The van der Waals surface area contributed by atoms with Gasteiger partial charge in [0.15, 0.2) is 12.4 Å². The Balaban J connectivity index is 1.62. The van der Waals surface area contributed by atoms with Crippen molar-refractivity contribution in [2.24, 2.45) is 5.92 Å². The number of benzene rings is 2. The molecule has 2 aromatic rings. The Morgan fingerprint density at radius 1 is 1.11 bits per heavy atom. The second-order valence-electron chi connectivity index (χ2n) is 6.68. The number of anilines is 1. The topological polar surface area (TPSA) is 63.7 Å². The Morgan fingerprint density at radius 2 is 1.74 bits per heavy atom. The third-order valence-electron chi connectivity index (χ3n) is 4.68. The van der Waals surface area contributed by atoms with Crippen molar-refractivity contribution in [3.05, 3.63) is 65.0 Å².